The molecule has 3 heterocycles. The average molecular weight is 829 g/mol. The Bertz CT molecular complexity index is 1890. The molecule has 3 amide bonds. The molecule has 3 aromatic rings. The number of hydrogen-bond acceptors (Lipinski definition) is 13. The molecular weight excluding hydrogens is 777 g/mol. The molecular formula is C38H52N8O11S. The van der Waals surface area contributed by atoms with Gasteiger partial charge in [-0.25, -0.2) is 22.7 Å². The van der Waals surface area contributed by atoms with Crippen molar-refractivity contribution in [3.8, 4) is 5.75 Å². The second kappa shape index (κ2) is 22.2. The first kappa shape index (κ1) is 44.1. The summed E-state index contributed by atoms with van der Waals surface area (Å²) in [6, 6.07) is 10.4. The van der Waals surface area contributed by atoms with E-state index in [0.717, 1.165) is 23.6 Å². The van der Waals surface area contributed by atoms with Crippen molar-refractivity contribution in [2.45, 2.75) is 61.5 Å². The minimum Gasteiger partial charge on any atom is -0.480 e. The van der Waals surface area contributed by atoms with Crippen molar-refractivity contribution < 1.29 is 51.6 Å². The van der Waals surface area contributed by atoms with Crippen molar-refractivity contribution in [1.29, 1.82) is 0 Å². The highest BCUT2D eigenvalue weighted by Crippen LogP contribution is 2.32. The average Bonchev–Trinajstić information content (AvgIpc) is 4.03. The third-order valence-corrected chi connectivity index (χ3v) is 11.4. The first-order valence-corrected chi connectivity index (χ1v) is 20.8. The Hall–Kier alpha value is -4.99. The highest BCUT2D eigenvalue weighted by molar-refractivity contribution is 7.89. The summed E-state index contributed by atoms with van der Waals surface area (Å²) in [5, 5.41) is 23.4. The van der Waals surface area contributed by atoms with Crippen LogP contribution >= 0.6 is 0 Å². The van der Waals surface area contributed by atoms with Gasteiger partial charge in [0, 0.05) is 45.8 Å². The number of aliphatic carboxylic acids is 1. The minimum absolute atomic E-state index is 0.00358. The normalized spacial score (nSPS) is 17.6. The van der Waals surface area contributed by atoms with Gasteiger partial charge in [0.15, 0.2) is 5.69 Å². The molecule has 0 radical (unpaired) electrons. The van der Waals surface area contributed by atoms with Crippen molar-refractivity contribution in [3.05, 3.63) is 72.1 Å². The SMILES string of the molecule is NCCCOCCOCCOCCCNC(=O)c1cn([C@@H]2C[C@@H](C(=O)NC(Cc3ccc(OC(=O)N4CCCC4)cc3)C(=O)O)N(S(=O)(=O)c3ccccc3)C2)nn1. The second-order valence-electron chi connectivity index (χ2n) is 13.8. The predicted molar refractivity (Wildman–Crippen MR) is 207 cm³/mol. The molecule has 0 aliphatic carbocycles. The van der Waals surface area contributed by atoms with Gasteiger partial charge in [0.1, 0.15) is 17.8 Å². The maximum absolute atomic E-state index is 13.9. The molecule has 0 saturated carbocycles. The second-order valence-corrected chi connectivity index (χ2v) is 15.7. The summed E-state index contributed by atoms with van der Waals surface area (Å²) in [5.41, 5.74) is 5.95. The highest BCUT2D eigenvalue weighted by Gasteiger charge is 2.46. The molecule has 3 atom stereocenters. The zero-order valence-electron chi connectivity index (χ0n) is 32.3. The van der Waals surface area contributed by atoms with Gasteiger partial charge in [-0.05, 0) is 68.5 Å². The maximum Gasteiger partial charge on any atom is 0.415 e. The summed E-state index contributed by atoms with van der Waals surface area (Å²) in [7, 11) is -4.24. The van der Waals surface area contributed by atoms with Gasteiger partial charge in [-0.2, -0.15) is 4.31 Å². The number of carboxylic acid groups (broad SMARTS) is 1. The molecule has 5 N–H and O–H groups in total. The summed E-state index contributed by atoms with van der Waals surface area (Å²) in [5.74, 6) is -2.34. The lowest BCUT2D eigenvalue weighted by molar-refractivity contribution is -0.142. The third kappa shape index (κ3) is 12.8. The van der Waals surface area contributed by atoms with Crippen LogP contribution in [0.5, 0.6) is 5.75 Å². The van der Waals surface area contributed by atoms with E-state index in [1.807, 2.05) is 0 Å². The molecule has 2 aliphatic rings. The summed E-state index contributed by atoms with van der Waals surface area (Å²) >= 11 is 0. The van der Waals surface area contributed by atoms with E-state index in [4.69, 9.17) is 24.7 Å². The number of amides is 3. The lowest BCUT2D eigenvalue weighted by atomic mass is 10.0. The Morgan fingerprint density at radius 2 is 1.55 bits per heavy atom. The van der Waals surface area contributed by atoms with Crippen LogP contribution in [0.15, 0.2) is 65.7 Å². The van der Waals surface area contributed by atoms with Gasteiger partial charge in [-0.1, -0.05) is 35.5 Å². The minimum atomic E-state index is -4.24. The zero-order chi connectivity index (χ0) is 41.3. The molecule has 2 fully saturated rings. The number of nitrogens with zero attached hydrogens (tertiary/aromatic N) is 5. The van der Waals surface area contributed by atoms with E-state index < -0.39 is 52.0 Å². The number of nitrogens with two attached hydrogens (primary N) is 1. The summed E-state index contributed by atoms with van der Waals surface area (Å²) in [6.07, 6.45) is 3.89. The molecule has 2 saturated heterocycles. The Labute approximate surface area is 337 Å². The van der Waals surface area contributed by atoms with Crippen molar-refractivity contribution in [1.82, 2.24) is 34.8 Å². The number of benzene rings is 2. The molecule has 2 aromatic carbocycles. The van der Waals surface area contributed by atoms with Crippen LogP contribution in [0.4, 0.5) is 4.79 Å². The monoisotopic (exact) mass is 828 g/mol. The number of carboxylic acids is 1. The third-order valence-electron chi connectivity index (χ3n) is 9.54. The van der Waals surface area contributed by atoms with E-state index in [9.17, 15) is 32.7 Å². The number of likely N-dealkylation sites (tertiary alicyclic amines) is 1. The molecule has 5 rings (SSSR count). The fourth-order valence-electron chi connectivity index (χ4n) is 6.42. The van der Waals surface area contributed by atoms with Crippen LogP contribution in [0.25, 0.3) is 0 Å². The molecule has 19 nitrogen and oxygen atoms in total. The van der Waals surface area contributed by atoms with Crippen LogP contribution in [0.2, 0.25) is 0 Å². The standard InChI is InChI=1S/C38H52N8O11S/c39-14-6-18-54-20-22-56-23-21-55-19-7-15-40-35(47)33-27-45(43-42-33)29-25-34(46(26-29)58(52,53)31-8-2-1-3-9-31)36(48)41-32(37(49)50)24-28-10-12-30(13-11-28)57-38(51)44-16-4-5-17-44/h1-3,8-13,27,29,32,34H,4-7,14-26,39H2,(H,40,47)(H,41,48)(H,49,50)/t29-,32?,34+/m1/s1. The van der Waals surface area contributed by atoms with E-state index >= 15 is 0 Å². The van der Waals surface area contributed by atoms with Crippen molar-refractivity contribution in [3.63, 3.8) is 0 Å². The quantitative estimate of drug-likeness (QED) is 0.0982. The van der Waals surface area contributed by atoms with Crippen molar-refractivity contribution in [2.75, 3.05) is 72.4 Å². The van der Waals surface area contributed by atoms with Crippen LogP contribution in [-0.4, -0.2) is 146 Å². The van der Waals surface area contributed by atoms with Gasteiger partial charge in [0.05, 0.1) is 43.6 Å². The van der Waals surface area contributed by atoms with Gasteiger partial charge >= 0.3 is 12.1 Å². The fourth-order valence-corrected chi connectivity index (χ4v) is 8.08. The summed E-state index contributed by atoms with van der Waals surface area (Å²) in [6.45, 7) is 4.71. The molecule has 20 heteroatoms. The van der Waals surface area contributed by atoms with Gasteiger partial charge in [-0.3, -0.25) is 9.59 Å². The number of ether oxygens (including phenoxy) is 4. The number of sulfonamides is 1. The Morgan fingerprint density at radius 3 is 2.21 bits per heavy atom. The number of carbonyl (C=O) groups excluding carboxylic acids is 3. The lowest BCUT2D eigenvalue weighted by Gasteiger charge is -2.25. The van der Waals surface area contributed by atoms with Gasteiger partial charge < -0.3 is 45.3 Å². The number of nitrogens with one attached hydrogen (secondary N) is 2. The summed E-state index contributed by atoms with van der Waals surface area (Å²) < 4.78 is 51.9. The van der Waals surface area contributed by atoms with Gasteiger partial charge in [0.25, 0.3) is 5.91 Å². The first-order valence-electron chi connectivity index (χ1n) is 19.4. The van der Waals surface area contributed by atoms with Gasteiger partial charge in [-0.15, -0.1) is 5.10 Å². The molecule has 2 aliphatic heterocycles. The fraction of sp³-hybridized carbons (Fsp3) is 0.526. The smallest absolute Gasteiger partial charge is 0.415 e. The highest BCUT2D eigenvalue weighted by atomic mass is 32.2. The molecule has 0 bridgehead atoms. The maximum atomic E-state index is 13.9. The first-order chi connectivity index (χ1) is 28.1. The van der Waals surface area contributed by atoms with Crippen LogP contribution in [0.3, 0.4) is 0 Å². The van der Waals surface area contributed by atoms with Crippen LogP contribution in [0, 0.1) is 0 Å². The van der Waals surface area contributed by atoms with Crippen LogP contribution in [0.1, 0.15) is 54.2 Å². The summed E-state index contributed by atoms with van der Waals surface area (Å²) in [4.78, 5) is 53.0. The molecule has 1 aromatic heterocycles. The predicted octanol–water partition coefficient (Wildman–Crippen LogP) is 1.21. The van der Waals surface area contributed by atoms with E-state index in [-0.39, 0.29) is 30.0 Å². The molecule has 0 spiro atoms. The van der Waals surface area contributed by atoms with Crippen molar-refractivity contribution in [2.24, 2.45) is 5.73 Å². The zero-order valence-corrected chi connectivity index (χ0v) is 33.1. The van der Waals surface area contributed by atoms with E-state index in [0.29, 0.717) is 83.6 Å². The Balaban J connectivity index is 1.15. The topological polar surface area (TPSA) is 247 Å². The number of rotatable bonds is 23. The van der Waals surface area contributed by atoms with E-state index in [2.05, 4.69) is 20.9 Å². The number of aromatic nitrogens is 3. The Kier molecular flexibility index (Phi) is 16.9. The van der Waals surface area contributed by atoms with Gasteiger partial charge in [0.2, 0.25) is 15.9 Å². The van der Waals surface area contributed by atoms with Crippen LogP contribution in [-0.2, 0) is 40.2 Å². The van der Waals surface area contributed by atoms with Crippen LogP contribution < -0.4 is 21.1 Å². The Morgan fingerprint density at radius 1 is 0.897 bits per heavy atom. The van der Waals surface area contributed by atoms with E-state index in [1.54, 1.807) is 47.4 Å². The van der Waals surface area contributed by atoms with Crippen molar-refractivity contribution >= 4 is 33.9 Å². The molecule has 1 unspecified atom stereocenters. The van der Waals surface area contributed by atoms with E-state index in [1.165, 1.54) is 23.0 Å². The number of hydrogen-bond donors (Lipinski definition) is 4. The molecule has 316 valence electrons. The molecule has 58 heavy (non-hydrogen) atoms. The largest absolute Gasteiger partial charge is 0.480 e. The number of carbonyl (C=O) groups is 4. The lowest BCUT2D eigenvalue weighted by Crippen LogP contribution is -2.51.